The van der Waals surface area contributed by atoms with Crippen LogP contribution < -0.4 is 0 Å². The van der Waals surface area contributed by atoms with Gasteiger partial charge in [-0.1, -0.05) is 111 Å². The Labute approximate surface area is 347 Å². The Morgan fingerprint density at radius 1 is 0.945 bits per heavy atom. The number of fused-ring (bicyclic) bond motifs is 4. The number of benzene rings is 3. The fourth-order valence-corrected chi connectivity index (χ4v) is 10.2. The van der Waals surface area contributed by atoms with Crippen molar-refractivity contribution in [2.45, 2.75) is 132 Å². The van der Waals surface area contributed by atoms with Crippen molar-refractivity contribution >= 4 is 48.2 Å². The van der Waals surface area contributed by atoms with Crippen LogP contribution in [0.5, 0.6) is 0 Å². The summed E-state index contributed by atoms with van der Waals surface area (Å²) in [4.78, 5) is 21.3. The van der Waals surface area contributed by atoms with E-state index in [1.807, 2.05) is 39.8 Å². The fourth-order valence-electron chi connectivity index (χ4n) is 9.00. The van der Waals surface area contributed by atoms with Crippen LogP contribution in [0.15, 0.2) is 60.6 Å². The van der Waals surface area contributed by atoms with Crippen molar-refractivity contribution in [3.05, 3.63) is 83.4 Å². The molecule has 2 aromatic heterocycles. The van der Waals surface area contributed by atoms with Crippen molar-refractivity contribution < 1.29 is 30.0 Å². The van der Waals surface area contributed by atoms with Gasteiger partial charge in [-0.2, -0.15) is 5.26 Å². The third-order valence-corrected chi connectivity index (χ3v) is 12.6. The van der Waals surface area contributed by atoms with Crippen LogP contribution >= 0.6 is 11.3 Å². The molecule has 1 aliphatic carbocycles. The van der Waals surface area contributed by atoms with E-state index in [0.717, 1.165) is 57.9 Å². The Balaban J connectivity index is 0.000000360. The molecule has 5 aromatic rings. The zero-order chi connectivity index (χ0) is 39.6. The summed E-state index contributed by atoms with van der Waals surface area (Å²) >= 11 is 1.79. The maximum Gasteiger partial charge on any atom is 0.162 e. The van der Waals surface area contributed by atoms with Crippen LogP contribution in [-0.4, -0.2) is 20.9 Å². The van der Waals surface area contributed by atoms with E-state index in [-0.39, 0.29) is 48.9 Å². The second kappa shape index (κ2) is 17.8. The molecular weight excluding hydrogens is 875 g/mol. The molecule has 3 aromatic carbocycles. The van der Waals surface area contributed by atoms with Gasteiger partial charge in [-0.15, -0.1) is 40.5 Å². The number of aliphatic hydroxyl groups is 1. The largest absolute Gasteiger partial charge is 0.512 e. The number of hydrogen-bond acceptors (Lipinski definition) is 6. The molecule has 5 nitrogen and oxygen atoms in total. The maximum absolute atomic E-state index is 11.7. The molecule has 295 valence electrons. The number of nitrogens with zero attached hydrogens (tertiary/aromatic N) is 3. The number of aliphatic hydroxyl groups excluding tert-OH is 1. The van der Waals surface area contributed by atoms with Gasteiger partial charge in [0.2, 0.25) is 0 Å². The van der Waals surface area contributed by atoms with Crippen molar-refractivity contribution in [2.24, 2.45) is 22.7 Å². The topological polar surface area (TPSA) is 86.9 Å². The zero-order valence-corrected chi connectivity index (χ0v) is 38.0. The van der Waals surface area contributed by atoms with Crippen LogP contribution in [0, 0.1) is 40.1 Å². The van der Waals surface area contributed by atoms with E-state index >= 15 is 0 Å². The van der Waals surface area contributed by atoms with Crippen LogP contribution in [0.4, 0.5) is 0 Å². The summed E-state index contributed by atoms with van der Waals surface area (Å²) in [6, 6.07) is 21.0. The van der Waals surface area contributed by atoms with E-state index in [9.17, 15) is 15.2 Å². The monoisotopic (exact) mass is 935 g/mol. The molecule has 1 radical (unpaired) electrons. The van der Waals surface area contributed by atoms with Crippen molar-refractivity contribution in [2.75, 3.05) is 0 Å². The van der Waals surface area contributed by atoms with Gasteiger partial charge in [0.25, 0.3) is 0 Å². The van der Waals surface area contributed by atoms with E-state index in [2.05, 4.69) is 90.9 Å². The molecule has 0 saturated heterocycles. The van der Waals surface area contributed by atoms with Gasteiger partial charge < -0.3 is 5.11 Å². The third kappa shape index (κ3) is 10.1. The number of carbonyl (C=O) groups excluding carboxylic acids is 1. The number of nitriles is 1. The van der Waals surface area contributed by atoms with Gasteiger partial charge >= 0.3 is 0 Å². The molecule has 55 heavy (non-hydrogen) atoms. The summed E-state index contributed by atoms with van der Waals surface area (Å²) in [6.07, 6.45) is 10.3. The first-order valence-electron chi connectivity index (χ1n) is 20.0. The Morgan fingerprint density at radius 3 is 2.15 bits per heavy atom. The first kappa shape index (κ1) is 44.3. The smallest absolute Gasteiger partial charge is 0.162 e. The predicted molar refractivity (Wildman–Crippen MR) is 228 cm³/mol. The Morgan fingerprint density at radius 2 is 1.56 bits per heavy atom. The number of carbonyl (C=O) groups is 1. The Kier molecular flexibility index (Phi) is 14.3. The summed E-state index contributed by atoms with van der Waals surface area (Å²) in [5.41, 5.74) is 6.83. The first-order valence-corrected chi connectivity index (χ1v) is 20.8. The molecule has 0 bridgehead atoms. The number of thiophene rings is 1. The average Bonchev–Trinajstić information content (AvgIpc) is 3.48. The van der Waals surface area contributed by atoms with E-state index in [0.29, 0.717) is 22.3 Å². The standard InChI is InChI=1S/C35H36N3S.C13H24O2.Ir/c1-33(2,3)28-14-24(13-23-12-21(18-36)8-10-26(23)28)30-32-31(38-20-37-30)27-11-9-22(15-29(27)39-32)25-16-34(4,5)19-35(6,7)17-25;1-5-10(6-2)12(14)9-13(15)11(7-3)8-4;/h8-12,14-15,20,25H,16-17,19H2,1-7H3;9-11,14H,5-8H2,1-4H3;/q-1;;/b;12-9-;. The summed E-state index contributed by atoms with van der Waals surface area (Å²) in [6.45, 7) is 24.5. The molecule has 2 heterocycles. The quantitative estimate of drug-likeness (QED) is 0.0904. The average molecular weight is 935 g/mol. The van der Waals surface area contributed by atoms with Gasteiger partial charge in [0, 0.05) is 64.1 Å². The summed E-state index contributed by atoms with van der Waals surface area (Å²) in [5, 5.41) is 22.6. The zero-order valence-electron chi connectivity index (χ0n) is 34.8. The van der Waals surface area contributed by atoms with Gasteiger partial charge in [-0.25, -0.2) is 4.98 Å². The SMILES string of the molecule is CC1(C)CC(c2ccc3c(c2)sc2c(-c4[c-]c5cc(C#N)ccc5c(C(C)(C)C)c4)ncnc23)CC(C)(C)C1.CCC(CC)C(=O)/C=C(\O)C(CC)CC.[Ir]. The van der Waals surface area contributed by atoms with E-state index in [1.54, 1.807) is 17.7 Å². The number of hydrogen-bond donors (Lipinski definition) is 1. The molecule has 1 saturated carbocycles. The van der Waals surface area contributed by atoms with Crippen molar-refractivity contribution in [3.8, 4) is 17.3 Å². The molecule has 1 N–H and O–H groups in total. The van der Waals surface area contributed by atoms with Crippen LogP contribution in [0.1, 0.15) is 144 Å². The van der Waals surface area contributed by atoms with Crippen LogP contribution in [0.2, 0.25) is 0 Å². The number of ketones is 1. The summed E-state index contributed by atoms with van der Waals surface area (Å²) < 4.78 is 2.37. The molecule has 6 rings (SSSR count). The second-order valence-electron chi connectivity index (χ2n) is 18.1. The van der Waals surface area contributed by atoms with Crippen LogP contribution in [0.25, 0.3) is 42.3 Å². The minimum absolute atomic E-state index is 0. The number of allylic oxidation sites excluding steroid dienone is 2. The molecule has 0 unspecified atom stereocenters. The van der Waals surface area contributed by atoms with E-state index < -0.39 is 0 Å². The summed E-state index contributed by atoms with van der Waals surface area (Å²) in [5.74, 6) is 1.12. The molecule has 1 aliphatic rings. The van der Waals surface area contributed by atoms with E-state index in [1.165, 1.54) is 46.6 Å². The molecular formula is C48H60IrN3O2S-. The minimum Gasteiger partial charge on any atom is -0.512 e. The van der Waals surface area contributed by atoms with Crippen molar-refractivity contribution in [1.82, 2.24) is 9.97 Å². The molecule has 0 aliphatic heterocycles. The number of rotatable bonds is 9. The van der Waals surface area contributed by atoms with Gasteiger partial charge in [-0.3, -0.25) is 9.78 Å². The first-order chi connectivity index (χ1) is 25.4. The minimum atomic E-state index is -0.0704. The van der Waals surface area contributed by atoms with Gasteiger partial charge in [0.05, 0.1) is 17.3 Å². The summed E-state index contributed by atoms with van der Waals surface area (Å²) in [7, 11) is 0. The van der Waals surface area contributed by atoms with Crippen LogP contribution in [0.3, 0.4) is 0 Å². The van der Waals surface area contributed by atoms with Gasteiger partial charge in [0.1, 0.15) is 6.33 Å². The molecule has 7 heteroatoms. The molecule has 0 spiro atoms. The number of aromatic nitrogens is 2. The fraction of sp³-hybridized carbons (Fsp3) is 0.500. The molecule has 0 amide bonds. The molecule has 1 fully saturated rings. The van der Waals surface area contributed by atoms with Crippen molar-refractivity contribution in [3.63, 3.8) is 0 Å². The van der Waals surface area contributed by atoms with Crippen molar-refractivity contribution in [1.29, 1.82) is 5.26 Å². The Hall–Kier alpha value is -3.43. The van der Waals surface area contributed by atoms with Gasteiger partial charge in [-0.05, 0) is 78.7 Å². The maximum atomic E-state index is 11.7. The van der Waals surface area contributed by atoms with Crippen LogP contribution in [-0.2, 0) is 30.3 Å². The van der Waals surface area contributed by atoms with Gasteiger partial charge in [0.15, 0.2) is 5.78 Å². The Bertz CT molecular complexity index is 2190. The second-order valence-corrected chi connectivity index (χ2v) is 19.1. The van der Waals surface area contributed by atoms with E-state index in [4.69, 9.17) is 9.97 Å². The predicted octanol–water partition coefficient (Wildman–Crippen LogP) is 13.8. The molecule has 0 atom stereocenters. The third-order valence-electron chi connectivity index (χ3n) is 11.4. The normalized spacial score (nSPS) is 15.9.